The van der Waals surface area contributed by atoms with E-state index in [-0.39, 0.29) is 62.1 Å². The van der Waals surface area contributed by atoms with Crippen molar-refractivity contribution in [3.8, 4) is 11.5 Å². The van der Waals surface area contributed by atoms with Crippen LogP contribution in [0.1, 0.15) is 59.9 Å². The maximum Gasteiger partial charge on any atom is 0.513 e. The molecule has 0 radical (unpaired) electrons. The van der Waals surface area contributed by atoms with Gasteiger partial charge in [-0.15, -0.1) is 0 Å². The van der Waals surface area contributed by atoms with Crippen LogP contribution in [0, 0.1) is 17.8 Å². The van der Waals surface area contributed by atoms with Crippen molar-refractivity contribution >= 4 is 24.2 Å². The number of methoxy groups -OCH3 is 1. The average Bonchev–Trinajstić information content (AvgIpc) is 2.87. The molecule has 1 N–H and O–H groups in total. The minimum absolute atomic E-state index is 0.0510. The monoisotopic (exact) mass is 553 g/mol. The predicted molar refractivity (Wildman–Crippen MR) is 143 cm³/mol. The molecule has 39 heavy (non-hydrogen) atoms. The lowest BCUT2D eigenvalue weighted by Crippen LogP contribution is -2.41. The number of esters is 2. The fourth-order valence-electron chi connectivity index (χ4n) is 3.04. The molecule has 0 unspecified atom stereocenters. The van der Waals surface area contributed by atoms with Crippen LogP contribution in [-0.2, 0) is 35.0 Å². The number of carbonyl (C=O) groups excluding carboxylic acids is 4. The number of carbonyl (C=O) groups is 4. The summed E-state index contributed by atoms with van der Waals surface area (Å²) in [6.45, 7) is 12.2. The molecule has 0 fully saturated rings. The second kappa shape index (κ2) is 18.0. The first-order valence-corrected chi connectivity index (χ1v) is 13.2. The van der Waals surface area contributed by atoms with Crippen molar-refractivity contribution < 1.29 is 47.6 Å². The molecule has 11 nitrogen and oxygen atoms in total. The van der Waals surface area contributed by atoms with Gasteiger partial charge in [0.15, 0.2) is 11.5 Å². The van der Waals surface area contributed by atoms with Gasteiger partial charge in [0, 0.05) is 13.0 Å². The number of ether oxygens (including phenoxy) is 6. The first-order chi connectivity index (χ1) is 18.4. The van der Waals surface area contributed by atoms with E-state index in [4.69, 9.17) is 28.4 Å². The van der Waals surface area contributed by atoms with E-state index in [0.29, 0.717) is 17.9 Å². The van der Waals surface area contributed by atoms with Crippen molar-refractivity contribution in [3.05, 3.63) is 23.8 Å². The van der Waals surface area contributed by atoms with Crippen molar-refractivity contribution in [2.45, 2.75) is 66.8 Å². The van der Waals surface area contributed by atoms with Crippen LogP contribution in [0.15, 0.2) is 18.2 Å². The molecule has 11 heteroatoms. The van der Waals surface area contributed by atoms with E-state index in [2.05, 4.69) is 5.32 Å². The lowest BCUT2D eigenvalue weighted by Gasteiger charge is -2.18. The third-order valence-corrected chi connectivity index (χ3v) is 5.07. The molecular weight excluding hydrogens is 510 g/mol. The van der Waals surface area contributed by atoms with Crippen molar-refractivity contribution in [2.75, 3.05) is 33.5 Å². The minimum Gasteiger partial charge on any atom is -0.468 e. The van der Waals surface area contributed by atoms with Gasteiger partial charge in [-0.3, -0.25) is 9.59 Å². The van der Waals surface area contributed by atoms with Gasteiger partial charge in [-0.2, -0.15) is 0 Å². The van der Waals surface area contributed by atoms with Gasteiger partial charge >= 0.3 is 24.2 Å². The molecule has 0 saturated heterocycles. The molecule has 1 rings (SSSR count). The minimum atomic E-state index is -0.969. The Hall–Kier alpha value is -3.34. The number of hydrogen-bond donors (Lipinski definition) is 1. The van der Waals surface area contributed by atoms with Crippen LogP contribution in [0.25, 0.3) is 0 Å². The first-order valence-electron chi connectivity index (χ1n) is 13.2. The molecule has 0 aromatic heterocycles. The van der Waals surface area contributed by atoms with Crippen molar-refractivity contribution in [1.29, 1.82) is 0 Å². The topological polar surface area (TPSA) is 136 Å². The maximum absolute atomic E-state index is 12.4. The molecule has 0 aliphatic carbocycles. The molecule has 0 aliphatic rings. The first kappa shape index (κ1) is 33.7. The number of nitrogens with one attached hydrogen (secondary N) is 1. The Bertz CT molecular complexity index is 929. The molecule has 0 spiro atoms. The average molecular weight is 554 g/mol. The van der Waals surface area contributed by atoms with E-state index in [9.17, 15) is 19.2 Å². The van der Waals surface area contributed by atoms with Gasteiger partial charge in [0.05, 0.1) is 20.3 Å². The summed E-state index contributed by atoms with van der Waals surface area (Å²) in [5.41, 5.74) is 0.571. The van der Waals surface area contributed by atoms with Crippen LogP contribution in [0.5, 0.6) is 11.5 Å². The molecule has 0 aliphatic heterocycles. The highest BCUT2D eigenvalue weighted by Crippen LogP contribution is 2.30. The lowest BCUT2D eigenvalue weighted by atomic mass is 10.1. The van der Waals surface area contributed by atoms with Crippen LogP contribution >= 0.6 is 0 Å². The summed E-state index contributed by atoms with van der Waals surface area (Å²) in [4.78, 5) is 48.5. The zero-order chi connectivity index (χ0) is 29.4. The molecule has 0 bridgehead atoms. The van der Waals surface area contributed by atoms with Crippen molar-refractivity contribution in [1.82, 2.24) is 5.32 Å². The summed E-state index contributed by atoms with van der Waals surface area (Å²) in [6.07, 6.45) is -0.706. The summed E-state index contributed by atoms with van der Waals surface area (Å²) in [5, 5.41) is 3.02. The van der Waals surface area contributed by atoms with Gasteiger partial charge < -0.3 is 33.7 Å². The second-order valence-corrected chi connectivity index (χ2v) is 10.3. The van der Waals surface area contributed by atoms with Gasteiger partial charge in [0.25, 0.3) is 0 Å². The Morgan fingerprint density at radius 3 is 1.92 bits per heavy atom. The van der Waals surface area contributed by atoms with E-state index in [1.807, 2.05) is 41.5 Å². The highest BCUT2D eigenvalue weighted by molar-refractivity contribution is 5.76. The molecule has 0 heterocycles. The molecule has 1 aromatic rings. The molecule has 0 amide bonds. The number of hydrogen-bond acceptors (Lipinski definition) is 11. The van der Waals surface area contributed by atoms with E-state index >= 15 is 0 Å². The fourth-order valence-corrected chi connectivity index (χ4v) is 3.04. The quantitative estimate of drug-likeness (QED) is 0.132. The normalized spacial score (nSPS) is 11.7. The SMILES string of the molecule is COC(=O)[C@H](Cc1ccc(OC(=O)OCC(C)C)c(OC(=O)OCC(C)C)c1)NCCOC(=O)CCC(C)C. The lowest BCUT2D eigenvalue weighted by molar-refractivity contribution is -0.144. The predicted octanol–water partition coefficient (Wildman–Crippen LogP) is 4.68. The number of benzene rings is 1. The van der Waals surface area contributed by atoms with Gasteiger partial charge in [-0.1, -0.05) is 47.6 Å². The molecule has 1 aromatic carbocycles. The molecular formula is C28H43NO10. The maximum atomic E-state index is 12.4. The highest BCUT2D eigenvalue weighted by Gasteiger charge is 2.22. The summed E-state index contributed by atoms with van der Waals surface area (Å²) in [5.74, 6) is -0.366. The van der Waals surface area contributed by atoms with Gasteiger partial charge in [-0.25, -0.2) is 9.59 Å². The zero-order valence-corrected chi connectivity index (χ0v) is 24.1. The Morgan fingerprint density at radius 2 is 1.38 bits per heavy atom. The highest BCUT2D eigenvalue weighted by atomic mass is 16.7. The standard InChI is InChI=1S/C28H43NO10/c1-18(2)8-11-25(30)35-13-12-29-22(26(31)34-7)14-21-9-10-23(38-27(32)36-16-19(3)4)24(15-21)39-28(33)37-17-20(5)6/h9-10,15,18-20,22,29H,8,11-14,16-17H2,1-7H3/t22-/m0/s1. The smallest absolute Gasteiger partial charge is 0.468 e. The van der Waals surface area contributed by atoms with Crippen LogP contribution in [0.4, 0.5) is 9.59 Å². The Morgan fingerprint density at radius 1 is 0.795 bits per heavy atom. The van der Waals surface area contributed by atoms with E-state index in [1.54, 1.807) is 6.07 Å². The van der Waals surface area contributed by atoms with E-state index < -0.39 is 24.3 Å². The molecule has 0 saturated carbocycles. The van der Waals surface area contributed by atoms with Gasteiger partial charge in [0.2, 0.25) is 0 Å². The summed E-state index contributed by atoms with van der Waals surface area (Å²) in [6, 6.07) is 3.72. The summed E-state index contributed by atoms with van der Waals surface area (Å²) >= 11 is 0. The largest absolute Gasteiger partial charge is 0.513 e. The van der Waals surface area contributed by atoms with Crippen LogP contribution in [-0.4, -0.2) is 63.8 Å². The van der Waals surface area contributed by atoms with Crippen LogP contribution in [0.2, 0.25) is 0 Å². The Labute approximate surface area is 230 Å². The van der Waals surface area contributed by atoms with E-state index in [1.165, 1.54) is 19.2 Å². The van der Waals surface area contributed by atoms with E-state index in [0.717, 1.165) is 6.42 Å². The number of rotatable bonds is 16. The van der Waals surface area contributed by atoms with Crippen LogP contribution < -0.4 is 14.8 Å². The fraction of sp³-hybridized carbons (Fsp3) is 0.643. The summed E-state index contributed by atoms with van der Waals surface area (Å²) in [7, 11) is 1.27. The summed E-state index contributed by atoms with van der Waals surface area (Å²) < 4.78 is 30.8. The van der Waals surface area contributed by atoms with Crippen molar-refractivity contribution in [2.24, 2.45) is 17.8 Å². The Kier molecular flexibility index (Phi) is 15.6. The third kappa shape index (κ3) is 15.0. The van der Waals surface area contributed by atoms with Gasteiger partial charge in [0.1, 0.15) is 12.6 Å². The van der Waals surface area contributed by atoms with Gasteiger partial charge in [-0.05, 0) is 48.3 Å². The van der Waals surface area contributed by atoms with Crippen molar-refractivity contribution in [3.63, 3.8) is 0 Å². The zero-order valence-electron chi connectivity index (χ0n) is 24.1. The third-order valence-electron chi connectivity index (χ3n) is 5.07. The van der Waals surface area contributed by atoms with Crippen LogP contribution in [0.3, 0.4) is 0 Å². The second-order valence-electron chi connectivity index (χ2n) is 10.3. The Balaban J connectivity index is 2.94. The molecule has 1 atom stereocenters. The molecule has 220 valence electrons.